The first kappa shape index (κ1) is 19.8. The van der Waals surface area contributed by atoms with Crippen molar-refractivity contribution in [2.24, 2.45) is 0 Å². The zero-order valence-corrected chi connectivity index (χ0v) is 14.3. The number of methoxy groups -OCH3 is 1. The standard InChI is InChI=1S/C17H19F3N2O4/c1-3-26-15(23)5-4-11-8-22(17(24)25-2)9-14(21-11)10-6-12(18)16(20)13(19)7-10/h4-7,11,14,21H,3,8-9H2,1-2H3. The fourth-order valence-corrected chi connectivity index (χ4v) is 2.65. The summed E-state index contributed by atoms with van der Waals surface area (Å²) in [5.74, 6) is -4.76. The van der Waals surface area contributed by atoms with E-state index < -0.39 is 41.6 Å². The Morgan fingerprint density at radius 3 is 2.50 bits per heavy atom. The zero-order chi connectivity index (χ0) is 19.3. The summed E-state index contributed by atoms with van der Waals surface area (Å²) in [6, 6.07) is 0.532. The highest BCUT2D eigenvalue weighted by Crippen LogP contribution is 2.24. The Bertz CT molecular complexity index is 688. The minimum atomic E-state index is -1.56. The maximum Gasteiger partial charge on any atom is 0.409 e. The molecule has 1 aromatic rings. The molecule has 1 aliphatic rings. The molecule has 142 valence electrons. The summed E-state index contributed by atoms with van der Waals surface area (Å²) in [5, 5.41) is 3.05. The molecule has 2 rings (SSSR count). The third-order valence-corrected chi connectivity index (χ3v) is 3.83. The Morgan fingerprint density at radius 1 is 1.27 bits per heavy atom. The van der Waals surface area contributed by atoms with Gasteiger partial charge in [-0.1, -0.05) is 6.08 Å². The van der Waals surface area contributed by atoms with Gasteiger partial charge in [0.25, 0.3) is 0 Å². The van der Waals surface area contributed by atoms with Gasteiger partial charge in [-0.15, -0.1) is 0 Å². The molecule has 2 atom stereocenters. The van der Waals surface area contributed by atoms with Gasteiger partial charge in [-0.25, -0.2) is 22.8 Å². The van der Waals surface area contributed by atoms with Crippen molar-refractivity contribution in [2.45, 2.75) is 19.0 Å². The first-order valence-electron chi connectivity index (χ1n) is 7.94. The smallest absolute Gasteiger partial charge is 0.409 e. The third-order valence-electron chi connectivity index (χ3n) is 3.83. The first-order valence-corrected chi connectivity index (χ1v) is 7.94. The van der Waals surface area contributed by atoms with Crippen molar-refractivity contribution < 1.29 is 32.2 Å². The van der Waals surface area contributed by atoms with E-state index in [1.807, 2.05) is 0 Å². The number of hydrogen-bond acceptors (Lipinski definition) is 5. The normalized spacial score (nSPS) is 20.3. The van der Waals surface area contributed by atoms with Crippen LogP contribution in [0.25, 0.3) is 0 Å². The summed E-state index contributed by atoms with van der Waals surface area (Å²) < 4.78 is 49.7. The number of esters is 1. The van der Waals surface area contributed by atoms with Crippen LogP contribution < -0.4 is 5.32 Å². The third kappa shape index (κ3) is 4.75. The van der Waals surface area contributed by atoms with Crippen LogP contribution in [-0.2, 0) is 14.3 Å². The molecule has 1 saturated heterocycles. The van der Waals surface area contributed by atoms with Gasteiger partial charge in [-0.3, -0.25) is 0 Å². The summed E-state index contributed by atoms with van der Waals surface area (Å²) >= 11 is 0. The van der Waals surface area contributed by atoms with Crippen LogP contribution in [0.5, 0.6) is 0 Å². The van der Waals surface area contributed by atoms with Gasteiger partial charge in [0, 0.05) is 25.2 Å². The lowest BCUT2D eigenvalue weighted by Gasteiger charge is -2.37. The Morgan fingerprint density at radius 2 is 1.92 bits per heavy atom. The average Bonchev–Trinajstić information content (AvgIpc) is 2.63. The van der Waals surface area contributed by atoms with E-state index >= 15 is 0 Å². The van der Waals surface area contributed by atoms with Crippen molar-refractivity contribution in [1.29, 1.82) is 0 Å². The first-order chi connectivity index (χ1) is 12.3. The summed E-state index contributed by atoms with van der Waals surface area (Å²) in [4.78, 5) is 24.6. The summed E-state index contributed by atoms with van der Waals surface area (Å²) in [6.45, 7) is 2.11. The van der Waals surface area contributed by atoms with Crippen LogP contribution in [0.2, 0.25) is 0 Å². The predicted octanol–water partition coefficient (Wildman–Crippen LogP) is 2.30. The predicted molar refractivity (Wildman–Crippen MR) is 85.7 cm³/mol. The molecule has 0 bridgehead atoms. The molecular weight excluding hydrogens is 353 g/mol. The minimum absolute atomic E-state index is 0.0565. The molecule has 6 nitrogen and oxygen atoms in total. The number of rotatable bonds is 4. The number of carbonyl (C=O) groups is 2. The van der Waals surface area contributed by atoms with Gasteiger partial charge in [0.15, 0.2) is 17.5 Å². The number of carbonyl (C=O) groups excluding carboxylic acids is 2. The summed E-state index contributed by atoms with van der Waals surface area (Å²) in [6.07, 6.45) is 2.05. The number of nitrogens with one attached hydrogen (secondary N) is 1. The summed E-state index contributed by atoms with van der Waals surface area (Å²) in [5.41, 5.74) is 0.129. The molecule has 1 aromatic carbocycles. The van der Waals surface area contributed by atoms with E-state index in [2.05, 4.69) is 10.1 Å². The molecular formula is C17H19F3N2O4. The van der Waals surface area contributed by atoms with E-state index in [-0.39, 0.29) is 25.3 Å². The molecule has 1 aliphatic heterocycles. The second kappa shape index (κ2) is 8.70. The molecule has 0 spiro atoms. The van der Waals surface area contributed by atoms with Gasteiger partial charge in [0.05, 0.1) is 19.8 Å². The van der Waals surface area contributed by atoms with Crippen LogP contribution in [0.1, 0.15) is 18.5 Å². The lowest BCUT2D eigenvalue weighted by molar-refractivity contribution is -0.137. The van der Waals surface area contributed by atoms with E-state index in [0.29, 0.717) is 0 Å². The van der Waals surface area contributed by atoms with Gasteiger partial charge in [-0.2, -0.15) is 0 Å². The molecule has 0 saturated carbocycles. The fourth-order valence-electron chi connectivity index (χ4n) is 2.65. The molecule has 1 fully saturated rings. The van der Waals surface area contributed by atoms with Crippen molar-refractivity contribution in [3.63, 3.8) is 0 Å². The number of hydrogen-bond donors (Lipinski definition) is 1. The summed E-state index contributed by atoms with van der Waals surface area (Å²) in [7, 11) is 1.21. The van der Waals surface area contributed by atoms with E-state index in [0.717, 1.165) is 12.1 Å². The molecule has 2 unspecified atom stereocenters. The van der Waals surface area contributed by atoms with Crippen LogP contribution in [0.15, 0.2) is 24.3 Å². The number of nitrogens with zero attached hydrogens (tertiary/aromatic N) is 1. The second-order valence-electron chi connectivity index (χ2n) is 5.61. The lowest BCUT2D eigenvalue weighted by atomic mass is 10.0. The highest BCUT2D eigenvalue weighted by Gasteiger charge is 2.30. The SMILES string of the molecule is CCOC(=O)C=CC1CN(C(=O)OC)CC(c2cc(F)c(F)c(F)c2)N1. The minimum Gasteiger partial charge on any atom is -0.463 e. The Hall–Kier alpha value is -2.55. The second-order valence-corrected chi connectivity index (χ2v) is 5.61. The van der Waals surface area contributed by atoms with Crippen molar-refractivity contribution in [1.82, 2.24) is 10.2 Å². The number of piperazine rings is 1. The highest BCUT2D eigenvalue weighted by atomic mass is 19.2. The van der Waals surface area contributed by atoms with Gasteiger partial charge >= 0.3 is 12.1 Å². The van der Waals surface area contributed by atoms with Crippen molar-refractivity contribution in [3.05, 3.63) is 47.3 Å². The van der Waals surface area contributed by atoms with E-state index in [1.54, 1.807) is 6.92 Å². The largest absolute Gasteiger partial charge is 0.463 e. The van der Waals surface area contributed by atoms with Crippen LogP contribution >= 0.6 is 0 Å². The zero-order valence-electron chi connectivity index (χ0n) is 14.3. The quantitative estimate of drug-likeness (QED) is 0.499. The van der Waals surface area contributed by atoms with Crippen LogP contribution in [-0.4, -0.2) is 49.8 Å². The maximum absolute atomic E-state index is 13.5. The molecule has 0 aromatic heterocycles. The lowest BCUT2D eigenvalue weighted by Crippen LogP contribution is -2.53. The van der Waals surface area contributed by atoms with Crippen LogP contribution in [0, 0.1) is 17.5 Å². The van der Waals surface area contributed by atoms with Crippen molar-refractivity contribution in [3.8, 4) is 0 Å². The number of ether oxygens (including phenoxy) is 2. The Kier molecular flexibility index (Phi) is 6.62. The highest BCUT2D eigenvalue weighted by molar-refractivity contribution is 5.82. The number of halogens is 3. The molecule has 0 radical (unpaired) electrons. The molecule has 1 amide bonds. The Labute approximate surface area is 148 Å². The monoisotopic (exact) mass is 372 g/mol. The fraction of sp³-hybridized carbons (Fsp3) is 0.412. The van der Waals surface area contributed by atoms with Crippen LogP contribution in [0.4, 0.5) is 18.0 Å². The van der Waals surface area contributed by atoms with Gasteiger partial charge < -0.3 is 19.7 Å². The number of amides is 1. The van der Waals surface area contributed by atoms with E-state index in [4.69, 9.17) is 4.74 Å². The molecule has 26 heavy (non-hydrogen) atoms. The number of benzene rings is 1. The van der Waals surface area contributed by atoms with Gasteiger partial charge in [0.2, 0.25) is 0 Å². The Balaban J connectivity index is 2.25. The van der Waals surface area contributed by atoms with Crippen LogP contribution in [0.3, 0.4) is 0 Å². The molecule has 0 aliphatic carbocycles. The molecule has 1 N–H and O–H groups in total. The molecule has 9 heteroatoms. The van der Waals surface area contributed by atoms with E-state index in [1.165, 1.54) is 24.2 Å². The van der Waals surface area contributed by atoms with Gasteiger partial charge in [-0.05, 0) is 24.6 Å². The maximum atomic E-state index is 13.5. The van der Waals surface area contributed by atoms with Crippen molar-refractivity contribution >= 4 is 12.1 Å². The van der Waals surface area contributed by atoms with Crippen molar-refractivity contribution in [2.75, 3.05) is 26.8 Å². The average molecular weight is 372 g/mol. The molecule has 1 heterocycles. The topological polar surface area (TPSA) is 67.9 Å². The van der Waals surface area contributed by atoms with E-state index in [9.17, 15) is 22.8 Å². The van der Waals surface area contributed by atoms with Gasteiger partial charge in [0.1, 0.15) is 0 Å².